The predicted octanol–water partition coefficient (Wildman–Crippen LogP) is 4.91. The number of anilines is 2. The van der Waals surface area contributed by atoms with Gasteiger partial charge in [-0.05, 0) is 61.9 Å². The number of hydrogen-bond donors (Lipinski definition) is 3. The number of aromatic hydroxyl groups is 1. The highest BCUT2D eigenvalue weighted by Gasteiger charge is 2.22. The molecular formula is C26H33FN4O2. The van der Waals surface area contributed by atoms with E-state index in [2.05, 4.69) is 47.8 Å². The van der Waals surface area contributed by atoms with E-state index in [0.29, 0.717) is 18.5 Å². The third-order valence-electron chi connectivity index (χ3n) is 6.45. The van der Waals surface area contributed by atoms with Crippen LogP contribution in [0.3, 0.4) is 0 Å². The number of pyridine rings is 1. The first kappa shape index (κ1) is 23.1. The molecule has 1 saturated carbocycles. The molecule has 0 bridgehead atoms. The highest BCUT2D eigenvalue weighted by Crippen LogP contribution is 2.31. The SMILES string of the molecule is COc1cc(CNC[C@H]2CC[C@@H](Nc3cc(N(C)C)c4ccccc4n3)CC2)cc(F)c1O. The van der Waals surface area contributed by atoms with Crippen LogP contribution in [0.2, 0.25) is 0 Å². The van der Waals surface area contributed by atoms with Gasteiger partial charge >= 0.3 is 0 Å². The van der Waals surface area contributed by atoms with Gasteiger partial charge in [-0.1, -0.05) is 18.2 Å². The Morgan fingerprint density at radius 2 is 1.88 bits per heavy atom. The molecule has 176 valence electrons. The van der Waals surface area contributed by atoms with Gasteiger partial charge in [-0.3, -0.25) is 0 Å². The van der Waals surface area contributed by atoms with E-state index in [1.54, 1.807) is 6.07 Å². The van der Waals surface area contributed by atoms with Crippen molar-refractivity contribution in [2.45, 2.75) is 38.3 Å². The molecule has 4 rings (SSSR count). The zero-order valence-electron chi connectivity index (χ0n) is 19.6. The third kappa shape index (κ3) is 5.47. The molecule has 1 aliphatic carbocycles. The fraction of sp³-hybridized carbons (Fsp3) is 0.423. The lowest BCUT2D eigenvalue weighted by atomic mass is 9.86. The van der Waals surface area contributed by atoms with Crippen molar-refractivity contribution in [3.05, 3.63) is 53.8 Å². The average molecular weight is 453 g/mol. The molecule has 2 aromatic carbocycles. The van der Waals surface area contributed by atoms with Crippen molar-refractivity contribution >= 4 is 22.4 Å². The maximum absolute atomic E-state index is 13.8. The number of rotatable bonds is 8. The summed E-state index contributed by atoms with van der Waals surface area (Å²) in [4.78, 5) is 6.97. The summed E-state index contributed by atoms with van der Waals surface area (Å²) in [5, 5.41) is 17.9. The lowest BCUT2D eigenvalue weighted by Crippen LogP contribution is -2.31. The molecule has 7 heteroatoms. The minimum absolute atomic E-state index is 0.165. The number of hydrogen-bond acceptors (Lipinski definition) is 6. The summed E-state index contributed by atoms with van der Waals surface area (Å²) in [7, 11) is 5.55. The highest BCUT2D eigenvalue weighted by atomic mass is 19.1. The van der Waals surface area contributed by atoms with Crippen LogP contribution in [-0.4, -0.2) is 43.9 Å². The van der Waals surface area contributed by atoms with Gasteiger partial charge in [0.25, 0.3) is 0 Å². The van der Waals surface area contributed by atoms with Gasteiger partial charge < -0.3 is 25.4 Å². The Balaban J connectivity index is 1.29. The second-order valence-corrected chi connectivity index (χ2v) is 9.06. The molecule has 0 amide bonds. The molecule has 0 radical (unpaired) electrons. The van der Waals surface area contributed by atoms with Gasteiger partial charge in [0.05, 0.1) is 12.6 Å². The second kappa shape index (κ2) is 10.3. The van der Waals surface area contributed by atoms with Crippen LogP contribution < -0.4 is 20.3 Å². The Bertz CT molecular complexity index is 1100. The quantitative estimate of drug-likeness (QED) is 0.451. The van der Waals surface area contributed by atoms with E-state index >= 15 is 0 Å². The first-order valence-electron chi connectivity index (χ1n) is 11.5. The Morgan fingerprint density at radius 3 is 2.61 bits per heavy atom. The van der Waals surface area contributed by atoms with E-state index in [1.807, 2.05) is 12.1 Å². The standard InChI is InChI=1S/C26H33FN4O2/c1-31(2)23-14-25(30-22-7-5-4-6-20(22)23)29-19-10-8-17(9-11-19)15-28-16-18-12-21(27)26(32)24(13-18)33-3/h4-7,12-14,17,19,28,32H,8-11,15-16H2,1-3H3,(H,29,30)/t17-,19+. The Kier molecular flexibility index (Phi) is 7.18. The number of phenols is 1. The molecule has 1 aliphatic rings. The summed E-state index contributed by atoms with van der Waals surface area (Å²) in [6, 6.07) is 13.8. The number of methoxy groups -OCH3 is 1. The normalized spacial score (nSPS) is 18.3. The molecule has 1 heterocycles. The van der Waals surface area contributed by atoms with Crippen molar-refractivity contribution in [3.63, 3.8) is 0 Å². The minimum Gasteiger partial charge on any atom is -0.502 e. The van der Waals surface area contributed by atoms with E-state index in [0.717, 1.165) is 54.5 Å². The molecule has 0 unspecified atom stereocenters. The Morgan fingerprint density at radius 1 is 1.12 bits per heavy atom. The fourth-order valence-corrected chi connectivity index (χ4v) is 4.63. The first-order chi connectivity index (χ1) is 15.9. The van der Waals surface area contributed by atoms with Gasteiger partial charge in [-0.15, -0.1) is 0 Å². The van der Waals surface area contributed by atoms with Gasteiger partial charge in [0.15, 0.2) is 17.3 Å². The van der Waals surface area contributed by atoms with Crippen LogP contribution in [0.25, 0.3) is 10.9 Å². The number of phenolic OH excluding ortho intramolecular Hbond substituents is 1. The first-order valence-corrected chi connectivity index (χ1v) is 11.5. The number of nitrogens with zero attached hydrogens (tertiary/aromatic N) is 2. The molecule has 6 nitrogen and oxygen atoms in total. The minimum atomic E-state index is -0.655. The van der Waals surface area contributed by atoms with Crippen molar-refractivity contribution in [1.82, 2.24) is 10.3 Å². The van der Waals surface area contributed by atoms with Crippen LogP contribution in [0.1, 0.15) is 31.2 Å². The van der Waals surface area contributed by atoms with E-state index < -0.39 is 11.6 Å². The summed E-state index contributed by atoms with van der Waals surface area (Å²) in [5.74, 6) is 0.595. The molecule has 3 N–H and O–H groups in total. The molecule has 0 aliphatic heterocycles. The van der Waals surface area contributed by atoms with Gasteiger partial charge in [-0.25, -0.2) is 9.37 Å². The number of halogens is 1. The lowest BCUT2D eigenvalue weighted by molar-refractivity contribution is 0.323. The number of para-hydroxylation sites is 1. The van der Waals surface area contributed by atoms with Gasteiger partial charge in [0, 0.05) is 43.8 Å². The van der Waals surface area contributed by atoms with Crippen molar-refractivity contribution in [2.24, 2.45) is 5.92 Å². The predicted molar refractivity (Wildman–Crippen MR) is 132 cm³/mol. The van der Waals surface area contributed by atoms with Gasteiger partial charge in [0.2, 0.25) is 0 Å². The van der Waals surface area contributed by atoms with Crippen LogP contribution in [0.4, 0.5) is 15.9 Å². The van der Waals surface area contributed by atoms with Gasteiger partial charge in [0.1, 0.15) is 5.82 Å². The zero-order chi connectivity index (χ0) is 23.4. The molecule has 0 atom stereocenters. The maximum atomic E-state index is 13.8. The van der Waals surface area contributed by atoms with E-state index in [9.17, 15) is 9.50 Å². The zero-order valence-corrected chi connectivity index (χ0v) is 19.6. The van der Waals surface area contributed by atoms with Crippen LogP contribution in [-0.2, 0) is 6.54 Å². The molecule has 1 fully saturated rings. The molecule has 0 saturated heterocycles. The largest absolute Gasteiger partial charge is 0.502 e. The molecule has 3 aromatic rings. The van der Waals surface area contributed by atoms with Crippen molar-refractivity contribution in [3.8, 4) is 11.5 Å². The number of aromatic nitrogens is 1. The number of fused-ring (bicyclic) bond motifs is 1. The molecule has 0 spiro atoms. The van der Waals surface area contributed by atoms with Crippen LogP contribution >= 0.6 is 0 Å². The maximum Gasteiger partial charge on any atom is 0.194 e. The molecule has 33 heavy (non-hydrogen) atoms. The lowest BCUT2D eigenvalue weighted by Gasteiger charge is -2.30. The number of nitrogens with one attached hydrogen (secondary N) is 2. The number of ether oxygens (including phenoxy) is 1. The van der Waals surface area contributed by atoms with E-state index in [-0.39, 0.29) is 5.75 Å². The summed E-state index contributed by atoms with van der Waals surface area (Å²) in [6.07, 6.45) is 4.46. The third-order valence-corrected chi connectivity index (χ3v) is 6.45. The summed E-state index contributed by atoms with van der Waals surface area (Å²) in [5.41, 5.74) is 2.94. The average Bonchev–Trinajstić information content (AvgIpc) is 2.81. The Labute approximate surface area is 194 Å². The number of benzene rings is 2. The van der Waals surface area contributed by atoms with Crippen molar-refractivity contribution in [2.75, 3.05) is 38.0 Å². The smallest absolute Gasteiger partial charge is 0.194 e. The van der Waals surface area contributed by atoms with E-state index in [4.69, 9.17) is 9.72 Å². The Hall–Kier alpha value is -3.06. The van der Waals surface area contributed by atoms with Crippen LogP contribution in [0.5, 0.6) is 11.5 Å². The van der Waals surface area contributed by atoms with Crippen LogP contribution in [0.15, 0.2) is 42.5 Å². The van der Waals surface area contributed by atoms with Gasteiger partial charge in [-0.2, -0.15) is 0 Å². The fourth-order valence-electron chi connectivity index (χ4n) is 4.63. The summed E-state index contributed by atoms with van der Waals surface area (Å²) < 4.78 is 18.8. The molecular weight excluding hydrogens is 419 g/mol. The monoisotopic (exact) mass is 452 g/mol. The molecule has 1 aromatic heterocycles. The van der Waals surface area contributed by atoms with Crippen molar-refractivity contribution in [1.29, 1.82) is 0 Å². The highest BCUT2D eigenvalue weighted by molar-refractivity contribution is 5.93. The summed E-state index contributed by atoms with van der Waals surface area (Å²) in [6.45, 7) is 1.43. The topological polar surface area (TPSA) is 69.7 Å². The summed E-state index contributed by atoms with van der Waals surface area (Å²) >= 11 is 0. The van der Waals surface area contributed by atoms with E-state index in [1.165, 1.54) is 18.9 Å². The second-order valence-electron chi connectivity index (χ2n) is 9.06. The van der Waals surface area contributed by atoms with Crippen LogP contribution in [0, 0.1) is 11.7 Å². The van der Waals surface area contributed by atoms with Crippen molar-refractivity contribution < 1.29 is 14.2 Å².